The maximum Gasteiger partial charge on any atom is 0.204 e. The van der Waals surface area contributed by atoms with E-state index in [0.717, 1.165) is 17.8 Å². The minimum atomic E-state index is 0.137. The standard InChI is InChI=1S/C42H66BN5/c1-21-18-27-20-22(2)31-34-30(27)29(19-21)47-33-26(6)24(4)23(3)25(5)32(33)44-39(47)48(34)38-37(43(31)28-16-14-13-15-17-28)45-35-36(46-38)41(9,10)42(11,12)40(35,7)8/h13-17,21-27,29-38,45-46H,18-20H2,1-12H3. The molecule has 48 heavy (non-hydrogen) atoms. The summed E-state index contributed by atoms with van der Waals surface area (Å²) in [4.78, 5) is 12.1. The van der Waals surface area contributed by atoms with Gasteiger partial charge < -0.3 is 15.1 Å². The lowest BCUT2D eigenvalue weighted by molar-refractivity contribution is -0.0977. The van der Waals surface area contributed by atoms with Crippen LogP contribution in [0, 0.1) is 63.6 Å². The first kappa shape index (κ1) is 32.4. The van der Waals surface area contributed by atoms with Crippen molar-refractivity contribution in [1.29, 1.82) is 0 Å². The summed E-state index contributed by atoms with van der Waals surface area (Å²) in [6.45, 7) is 31.2. The van der Waals surface area contributed by atoms with Crippen molar-refractivity contribution < 1.29 is 0 Å². The lowest BCUT2D eigenvalue weighted by Crippen LogP contribution is -2.87. The van der Waals surface area contributed by atoms with Crippen LogP contribution >= 0.6 is 0 Å². The van der Waals surface area contributed by atoms with Gasteiger partial charge in [-0.15, -0.1) is 0 Å². The van der Waals surface area contributed by atoms with Crippen molar-refractivity contribution in [2.24, 2.45) is 68.6 Å². The molecule has 0 aromatic heterocycles. The van der Waals surface area contributed by atoms with Gasteiger partial charge in [-0.3, -0.25) is 5.32 Å². The lowest BCUT2D eigenvalue weighted by atomic mass is 9.25. The lowest BCUT2D eigenvalue weighted by Gasteiger charge is -2.70. The summed E-state index contributed by atoms with van der Waals surface area (Å²) in [6, 6.07) is 14.7. The summed E-state index contributed by atoms with van der Waals surface area (Å²) in [5.41, 5.74) is 2.01. The number of nitrogens with zero attached hydrogens (tertiary/aromatic N) is 3. The third-order valence-electron chi connectivity index (χ3n) is 18.6. The van der Waals surface area contributed by atoms with Gasteiger partial charge in [-0.2, -0.15) is 0 Å². The third-order valence-corrected chi connectivity index (χ3v) is 18.6. The first-order chi connectivity index (χ1) is 22.6. The van der Waals surface area contributed by atoms with Gasteiger partial charge in [0.05, 0.1) is 18.2 Å². The zero-order valence-corrected chi connectivity index (χ0v) is 32.2. The maximum absolute atomic E-state index is 6.03. The number of benzene rings is 1. The summed E-state index contributed by atoms with van der Waals surface area (Å²) >= 11 is 0. The predicted octanol–water partition coefficient (Wildman–Crippen LogP) is 6.75. The Hall–Kier alpha value is -1.53. The Bertz CT molecular complexity index is 1470. The monoisotopic (exact) mass is 652 g/mol. The number of hydrogen-bond donors (Lipinski definition) is 2. The van der Waals surface area contributed by atoms with Crippen molar-refractivity contribution in [2.75, 3.05) is 0 Å². The molecule has 3 saturated heterocycles. The predicted molar refractivity (Wildman–Crippen MR) is 200 cm³/mol. The van der Waals surface area contributed by atoms with E-state index < -0.39 is 0 Å². The van der Waals surface area contributed by atoms with Gasteiger partial charge >= 0.3 is 0 Å². The van der Waals surface area contributed by atoms with E-state index in [0.29, 0.717) is 84.3 Å². The van der Waals surface area contributed by atoms with Crippen molar-refractivity contribution >= 4 is 18.1 Å². The van der Waals surface area contributed by atoms with Gasteiger partial charge in [0.15, 0.2) is 5.96 Å². The number of rotatable bonds is 1. The maximum atomic E-state index is 6.03. The van der Waals surface area contributed by atoms with Crippen LogP contribution in [0.3, 0.4) is 0 Å². The van der Waals surface area contributed by atoms with Gasteiger partial charge in [-0.05, 0) is 82.8 Å². The molecule has 0 amide bonds. The summed E-state index contributed by atoms with van der Waals surface area (Å²) < 4.78 is 0. The van der Waals surface area contributed by atoms with Crippen LogP contribution in [0.5, 0.6) is 0 Å². The van der Waals surface area contributed by atoms with Crippen LogP contribution < -0.4 is 16.1 Å². The van der Waals surface area contributed by atoms with Gasteiger partial charge in [0.2, 0.25) is 6.71 Å². The summed E-state index contributed by atoms with van der Waals surface area (Å²) in [5.74, 6) is 8.04. The molecule has 4 saturated carbocycles. The summed E-state index contributed by atoms with van der Waals surface area (Å²) in [6.07, 6.45) is 4.37. The van der Waals surface area contributed by atoms with Crippen LogP contribution in [-0.4, -0.2) is 70.8 Å². The molecule has 0 spiro atoms. The van der Waals surface area contributed by atoms with Gasteiger partial charge in [0, 0.05) is 36.0 Å². The fourth-order valence-corrected chi connectivity index (χ4v) is 14.6. The molecule has 17 unspecified atom stereocenters. The van der Waals surface area contributed by atoms with Gasteiger partial charge in [-0.1, -0.05) is 119 Å². The van der Waals surface area contributed by atoms with E-state index in [4.69, 9.17) is 4.99 Å². The van der Waals surface area contributed by atoms with Crippen molar-refractivity contribution in [1.82, 2.24) is 20.4 Å². The Morgan fingerprint density at radius 3 is 2.06 bits per heavy atom. The Kier molecular flexibility index (Phi) is 6.95. The molecule has 0 bridgehead atoms. The molecule has 7 fully saturated rings. The molecule has 9 rings (SSSR count). The second-order valence-electron chi connectivity index (χ2n) is 20.7. The van der Waals surface area contributed by atoms with Crippen LogP contribution in [0.1, 0.15) is 102 Å². The van der Waals surface area contributed by atoms with Crippen molar-refractivity contribution in [2.45, 2.75) is 157 Å². The molecule has 17 atom stereocenters. The van der Waals surface area contributed by atoms with E-state index in [-0.39, 0.29) is 22.4 Å². The summed E-state index contributed by atoms with van der Waals surface area (Å²) in [7, 11) is 0. The smallest absolute Gasteiger partial charge is 0.204 e. The van der Waals surface area contributed by atoms with E-state index in [1.807, 2.05) is 0 Å². The molecule has 262 valence electrons. The topological polar surface area (TPSA) is 42.9 Å². The average molecular weight is 652 g/mol. The fraction of sp³-hybridized carbons (Fsp3) is 0.833. The molecule has 4 aliphatic heterocycles. The molecule has 8 aliphatic rings. The number of fused-ring (bicyclic) bond motifs is 8. The van der Waals surface area contributed by atoms with E-state index >= 15 is 0 Å². The zero-order valence-electron chi connectivity index (χ0n) is 32.2. The fourth-order valence-electron chi connectivity index (χ4n) is 14.6. The zero-order chi connectivity index (χ0) is 34.0. The van der Waals surface area contributed by atoms with Crippen molar-refractivity contribution in [3.05, 3.63) is 30.3 Å². The van der Waals surface area contributed by atoms with Crippen LogP contribution in [0.2, 0.25) is 5.82 Å². The van der Waals surface area contributed by atoms with Crippen molar-refractivity contribution in [3.8, 4) is 0 Å². The minimum absolute atomic E-state index is 0.137. The van der Waals surface area contributed by atoms with E-state index in [1.54, 1.807) is 5.46 Å². The number of guanidine groups is 1. The van der Waals surface area contributed by atoms with Gasteiger partial charge in [0.1, 0.15) is 0 Å². The van der Waals surface area contributed by atoms with Crippen LogP contribution in [0.15, 0.2) is 35.3 Å². The molecule has 4 aliphatic carbocycles. The van der Waals surface area contributed by atoms with Crippen LogP contribution in [0.25, 0.3) is 0 Å². The van der Waals surface area contributed by atoms with Crippen LogP contribution in [0.4, 0.5) is 0 Å². The Labute approximate surface area is 293 Å². The minimum Gasteiger partial charge on any atom is -0.334 e. The first-order valence-corrected chi connectivity index (χ1v) is 20.3. The molecule has 0 radical (unpaired) electrons. The normalized spacial score (nSPS) is 52.0. The van der Waals surface area contributed by atoms with E-state index in [2.05, 4.69) is 134 Å². The van der Waals surface area contributed by atoms with Crippen LogP contribution in [-0.2, 0) is 0 Å². The molecular formula is C42H66BN5. The molecule has 4 heterocycles. The summed E-state index contributed by atoms with van der Waals surface area (Å²) in [5, 5.41) is 9.16. The molecule has 6 heteroatoms. The molecule has 1 aromatic rings. The van der Waals surface area contributed by atoms with Gasteiger partial charge in [0.25, 0.3) is 0 Å². The Morgan fingerprint density at radius 1 is 0.729 bits per heavy atom. The van der Waals surface area contributed by atoms with Crippen molar-refractivity contribution in [3.63, 3.8) is 0 Å². The van der Waals surface area contributed by atoms with E-state index in [1.165, 1.54) is 25.2 Å². The van der Waals surface area contributed by atoms with E-state index in [9.17, 15) is 0 Å². The number of hydrogen-bond acceptors (Lipinski definition) is 5. The Morgan fingerprint density at radius 2 is 1.38 bits per heavy atom. The number of piperazine rings is 1. The average Bonchev–Trinajstić information content (AvgIpc) is 3.49. The molecule has 1 aromatic carbocycles. The highest BCUT2D eigenvalue weighted by molar-refractivity contribution is 6.76. The third kappa shape index (κ3) is 3.81. The SMILES string of the molecule is CC1CC2CC(C)C3B(c4ccccc4)C4NC5C(NC4N4C6=NC7C(C)C(C)C(C)C(C)C7N6C(C1)C2C34)C(C)(C)C(C)(C)C5(C)C. The molecular weight excluding hydrogens is 585 g/mol. The molecule has 2 N–H and O–H groups in total. The largest absolute Gasteiger partial charge is 0.334 e. The highest BCUT2D eigenvalue weighted by Gasteiger charge is 2.72. The second kappa shape index (κ2) is 10.3. The molecule has 5 nitrogen and oxygen atoms in total. The number of aliphatic imine (C=N–C) groups is 1. The number of nitrogens with one attached hydrogen (secondary N) is 2. The van der Waals surface area contributed by atoms with Gasteiger partial charge in [-0.25, -0.2) is 4.99 Å². The highest BCUT2D eigenvalue weighted by atomic mass is 15.5. The first-order valence-electron chi connectivity index (χ1n) is 20.3. The quantitative estimate of drug-likeness (QED) is 0.330. The highest BCUT2D eigenvalue weighted by Crippen LogP contribution is 2.65. The Balaban J connectivity index is 1.25. The second-order valence-corrected chi connectivity index (χ2v) is 20.7.